The number of rotatable bonds is 5. The van der Waals surface area contributed by atoms with Gasteiger partial charge in [-0.3, -0.25) is 0 Å². The van der Waals surface area contributed by atoms with Crippen molar-refractivity contribution in [3.8, 4) is 0 Å². The Labute approximate surface area is 133 Å². The highest BCUT2D eigenvalue weighted by atomic mass is 35.5. The van der Waals surface area contributed by atoms with Gasteiger partial charge in [0.05, 0.1) is 16.7 Å². The summed E-state index contributed by atoms with van der Waals surface area (Å²) in [5, 5.41) is -0.0525. The van der Waals surface area contributed by atoms with Gasteiger partial charge in [0, 0.05) is 32.4 Å². The van der Waals surface area contributed by atoms with Gasteiger partial charge in [0.15, 0.2) is 0 Å². The zero-order valence-corrected chi connectivity index (χ0v) is 13.7. The smallest absolute Gasteiger partial charge is 0.243 e. The van der Waals surface area contributed by atoms with E-state index in [1.807, 2.05) is 0 Å². The van der Waals surface area contributed by atoms with E-state index in [1.165, 1.54) is 19.2 Å². The minimum atomic E-state index is -3.88. The van der Waals surface area contributed by atoms with E-state index >= 15 is 0 Å². The van der Waals surface area contributed by atoms with Gasteiger partial charge >= 0.3 is 0 Å². The third-order valence-electron chi connectivity index (χ3n) is 3.37. The Morgan fingerprint density at radius 2 is 2.05 bits per heavy atom. The van der Waals surface area contributed by atoms with Crippen molar-refractivity contribution in [2.75, 3.05) is 32.6 Å². The lowest BCUT2D eigenvalue weighted by atomic mass is 10.0. The number of halogens is 2. The van der Waals surface area contributed by atoms with Crippen LogP contribution in [0.3, 0.4) is 0 Å². The summed E-state index contributed by atoms with van der Waals surface area (Å²) in [6.45, 7) is 0.928. The van der Waals surface area contributed by atoms with Gasteiger partial charge in [-0.05, 0) is 12.1 Å². The first-order valence-electron chi connectivity index (χ1n) is 6.17. The maximum atomic E-state index is 12.4. The zero-order valence-electron chi connectivity index (χ0n) is 11.4. The first kappa shape index (κ1) is 16.8. The molecule has 1 atom stereocenters. The molecule has 118 valence electrons. The maximum Gasteiger partial charge on any atom is 0.243 e. The van der Waals surface area contributed by atoms with Crippen molar-refractivity contribution >= 4 is 38.9 Å². The van der Waals surface area contributed by atoms with E-state index in [0.717, 1.165) is 0 Å². The van der Waals surface area contributed by atoms with Crippen molar-refractivity contribution in [1.29, 1.82) is 0 Å². The van der Waals surface area contributed by atoms with Crippen molar-refractivity contribution in [3.05, 3.63) is 22.2 Å². The molecule has 1 saturated heterocycles. The number of nitrogen functional groups attached to an aromatic ring is 1. The van der Waals surface area contributed by atoms with Crippen LogP contribution in [0.25, 0.3) is 0 Å². The van der Waals surface area contributed by atoms with E-state index in [2.05, 4.69) is 4.72 Å². The summed E-state index contributed by atoms with van der Waals surface area (Å²) in [5.74, 6) is 0. The van der Waals surface area contributed by atoms with E-state index in [9.17, 15) is 8.42 Å². The van der Waals surface area contributed by atoms with Gasteiger partial charge in [-0.1, -0.05) is 23.2 Å². The standard InChI is InChI=1S/C12H16Cl2N2O4S/c1-19-12(2-3-20-7-12)6-16-21(17,18)11-9(13)4-8(15)5-10(11)14/h4-5,16H,2-3,6-7,15H2,1H3. The topological polar surface area (TPSA) is 90.7 Å². The fourth-order valence-corrected chi connectivity index (χ4v) is 4.44. The predicted octanol–water partition coefficient (Wildman–Crippen LogP) is 1.66. The first-order valence-corrected chi connectivity index (χ1v) is 8.41. The van der Waals surface area contributed by atoms with Crippen LogP contribution in [0.15, 0.2) is 17.0 Å². The fraction of sp³-hybridized carbons (Fsp3) is 0.500. The minimum absolute atomic E-state index is 0.0263. The van der Waals surface area contributed by atoms with Crippen LogP contribution in [0.1, 0.15) is 6.42 Å². The molecule has 0 amide bonds. The van der Waals surface area contributed by atoms with Crippen LogP contribution in [0, 0.1) is 0 Å². The molecule has 0 radical (unpaired) electrons. The van der Waals surface area contributed by atoms with Crippen LogP contribution in [0.4, 0.5) is 5.69 Å². The summed E-state index contributed by atoms with van der Waals surface area (Å²) < 4.78 is 37.9. The van der Waals surface area contributed by atoms with Crippen LogP contribution >= 0.6 is 23.2 Å². The Bertz CT molecular complexity index is 607. The van der Waals surface area contributed by atoms with Gasteiger partial charge in [0.25, 0.3) is 0 Å². The van der Waals surface area contributed by atoms with E-state index < -0.39 is 15.6 Å². The summed E-state index contributed by atoms with van der Waals surface area (Å²) in [6, 6.07) is 2.68. The molecule has 9 heteroatoms. The molecule has 0 bridgehead atoms. The second-order valence-corrected chi connectivity index (χ2v) is 7.35. The van der Waals surface area contributed by atoms with Gasteiger partial charge < -0.3 is 15.2 Å². The Balaban J connectivity index is 2.23. The van der Waals surface area contributed by atoms with Crippen molar-refractivity contribution < 1.29 is 17.9 Å². The lowest BCUT2D eigenvalue weighted by Gasteiger charge is -2.26. The highest BCUT2D eigenvalue weighted by molar-refractivity contribution is 7.89. The number of sulfonamides is 1. The van der Waals surface area contributed by atoms with Gasteiger partial charge in [-0.25, -0.2) is 13.1 Å². The quantitative estimate of drug-likeness (QED) is 0.784. The Morgan fingerprint density at radius 1 is 1.43 bits per heavy atom. The van der Waals surface area contributed by atoms with Crippen molar-refractivity contribution in [3.63, 3.8) is 0 Å². The molecule has 21 heavy (non-hydrogen) atoms. The predicted molar refractivity (Wildman–Crippen MR) is 81.2 cm³/mol. The number of methoxy groups -OCH3 is 1. The lowest BCUT2D eigenvalue weighted by Crippen LogP contribution is -2.45. The van der Waals surface area contributed by atoms with Gasteiger partial charge in [-0.2, -0.15) is 0 Å². The summed E-state index contributed by atoms with van der Waals surface area (Å²) in [6.07, 6.45) is 0.606. The van der Waals surface area contributed by atoms with Gasteiger partial charge in [0.2, 0.25) is 10.0 Å². The molecule has 0 spiro atoms. The van der Waals surface area contributed by atoms with E-state index in [0.29, 0.717) is 25.3 Å². The molecule has 1 aromatic rings. The molecule has 0 saturated carbocycles. The Morgan fingerprint density at radius 3 is 2.52 bits per heavy atom. The van der Waals surface area contributed by atoms with E-state index in [1.54, 1.807) is 0 Å². The average molecular weight is 355 g/mol. The zero-order chi connectivity index (χ0) is 15.7. The molecule has 2 rings (SSSR count). The Kier molecular flexibility index (Phi) is 5.02. The third-order valence-corrected chi connectivity index (χ3v) is 5.70. The summed E-state index contributed by atoms with van der Waals surface area (Å²) in [4.78, 5) is -0.190. The van der Waals surface area contributed by atoms with Crippen LogP contribution in [0.2, 0.25) is 10.0 Å². The molecule has 1 aromatic carbocycles. The maximum absolute atomic E-state index is 12.4. The van der Waals surface area contributed by atoms with Crippen molar-refractivity contribution in [2.45, 2.75) is 16.9 Å². The molecule has 1 fully saturated rings. The number of nitrogens with two attached hydrogens (primary N) is 1. The monoisotopic (exact) mass is 354 g/mol. The van der Waals surface area contributed by atoms with Crippen molar-refractivity contribution in [2.24, 2.45) is 0 Å². The molecule has 1 heterocycles. The molecular formula is C12H16Cl2N2O4S. The van der Waals surface area contributed by atoms with Crippen LogP contribution in [-0.2, 0) is 19.5 Å². The Hall–Kier alpha value is -0.570. The molecule has 0 aromatic heterocycles. The highest BCUT2D eigenvalue weighted by Crippen LogP contribution is 2.32. The number of anilines is 1. The molecule has 3 N–H and O–H groups in total. The summed E-state index contributed by atoms with van der Waals surface area (Å²) >= 11 is 11.9. The van der Waals surface area contributed by atoms with Gasteiger partial charge in [-0.15, -0.1) is 0 Å². The SMILES string of the molecule is COC1(CNS(=O)(=O)c2c(Cl)cc(N)cc2Cl)CCOC1. The van der Waals surface area contributed by atoms with Crippen molar-refractivity contribution in [1.82, 2.24) is 4.72 Å². The van der Waals surface area contributed by atoms with Crippen LogP contribution in [0.5, 0.6) is 0 Å². The summed E-state index contributed by atoms with van der Waals surface area (Å²) in [5.41, 5.74) is 5.19. The van der Waals surface area contributed by atoms with Gasteiger partial charge in [0.1, 0.15) is 10.5 Å². The molecule has 6 nitrogen and oxygen atoms in total. The number of hydrogen-bond acceptors (Lipinski definition) is 5. The highest BCUT2D eigenvalue weighted by Gasteiger charge is 2.36. The van der Waals surface area contributed by atoms with Crippen LogP contribution < -0.4 is 10.5 Å². The number of nitrogens with one attached hydrogen (secondary N) is 1. The first-order chi connectivity index (χ1) is 9.80. The number of benzene rings is 1. The van der Waals surface area contributed by atoms with E-state index in [4.69, 9.17) is 38.4 Å². The molecule has 1 unspecified atom stereocenters. The minimum Gasteiger partial charge on any atom is -0.399 e. The third kappa shape index (κ3) is 3.61. The van der Waals surface area contributed by atoms with E-state index in [-0.39, 0.29) is 21.5 Å². The largest absolute Gasteiger partial charge is 0.399 e. The molecular weight excluding hydrogens is 339 g/mol. The molecule has 0 aliphatic carbocycles. The number of hydrogen-bond donors (Lipinski definition) is 2. The number of ether oxygens (including phenoxy) is 2. The fourth-order valence-electron chi connectivity index (χ4n) is 2.10. The molecule has 1 aliphatic rings. The normalized spacial score (nSPS) is 22.6. The van der Waals surface area contributed by atoms with Crippen LogP contribution in [-0.4, -0.2) is 40.9 Å². The lowest BCUT2D eigenvalue weighted by molar-refractivity contribution is -0.0120. The molecule has 1 aliphatic heterocycles. The second-order valence-electron chi connectivity index (χ2n) is 4.83. The average Bonchev–Trinajstić information content (AvgIpc) is 2.84. The summed E-state index contributed by atoms with van der Waals surface area (Å²) in [7, 11) is -2.36. The second kappa shape index (κ2) is 6.28.